The zero-order valence-corrected chi connectivity index (χ0v) is 12.8. The molecule has 21 heavy (non-hydrogen) atoms. The van der Waals surface area contributed by atoms with Gasteiger partial charge in [0.15, 0.2) is 5.76 Å². The van der Waals surface area contributed by atoms with Crippen molar-refractivity contribution in [3.05, 3.63) is 17.5 Å². The van der Waals surface area contributed by atoms with Crippen molar-refractivity contribution in [2.45, 2.75) is 63.7 Å². The van der Waals surface area contributed by atoms with Crippen LogP contribution in [0.15, 0.2) is 10.6 Å². The minimum absolute atomic E-state index is 0.0734. The molecule has 0 radical (unpaired) electrons. The predicted molar refractivity (Wildman–Crippen MR) is 79.0 cm³/mol. The minimum Gasteiger partial charge on any atom is -0.389 e. The van der Waals surface area contributed by atoms with E-state index in [0.29, 0.717) is 25.6 Å². The number of hydrogen-bond acceptors (Lipinski definition) is 5. The topological polar surface area (TPSA) is 58.7 Å². The van der Waals surface area contributed by atoms with Crippen molar-refractivity contribution in [2.24, 2.45) is 0 Å². The number of aliphatic hydroxyl groups is 1. The molecule has 0 bridgehead atoms. The van der Waals surface area contributed by atoms with Gasteiger partial charge in [0.2, 0.25) is 0 Å². The zero-order valence-electron chi connectivity index (χ0n) is 12.8. The molecule has 0 amide bonds. The quantitative estimate of drug-likeness (QED) is 0.903. The van der Waals surface area contributed by atoms with E-state index in [9.17, 15) is 5.11 Å². The van der Waals surface area contributed by atoms with Crippen molar-refractivity contribution in [3.8, 4) is 0 Å². The molecule has 2 aliphatic rings. The third kappa shape index (κ3) is 3.65. The van der Waals surface area contributed by atoms with Crippen LogP contribution < -0.4 is 0 Å². The summed E-state index contributed by atoms with van der Waals surface area (Å²) in [6.07, 6.45) is 5.97. The van der Waals surface area contributed by atoms with Crippen LogP contribution in [-0.2, 0) is 11.3 Å². The molecule has 1 saturated heterocycles. The number of hydrogen-bond donors (Lipinski definition) is 1. The maximum absolute atomic E-state index is 9.96. The summed E-state index contributed by atoms with van der Waals surface area (Å²) in [5, 5.41) is 14.2. The molecule has 3 rings (SSSR count). The largest absolute Gasteiger partial charge is 0.389 e. The van der Waals surface area contributed by atoms with Crippen LogP contribution in [0.2, 0.25) is 0 Å². The van der Waals surface area contributed by atoms with Crippen LogP contribution in [0.3, 0.4) is 0 Å². The second-order valence-electron chi connectivity index (χ2n) is 6.31. The minimum atomic E-state index is -0.398. The first-order chi connectivity index (χ1) is 10.3. The average molecular weight is 294 g/mol. The maximum Gasteiger partial charge on any atom is 0.150 e. The molecule has 1 N–H and O–H groups in total. The van der Waals surface area contributed by atoms with Crippen LogP contribution in [0.1, 0.15) is 56.4 Å². The smallest absolute Gasteiger partial charge is 0.150 e. The Balaban J connectivity index is 1.55. The van der Waals surface area contributed by atoms with Crippen molar-refractivity contribution in [2.75, 3.05) is 19.7 Å². The Bertz CT molecular complexity index is 442. The van der Waals surface area contributed by atoms with Gasteiger partial charge in [0.25, 0.3) is 0 Å². The van der Waals surface area contributed by atoms with Gasteiger partial charge in [-0.25, -0.2) is 0 Å². The Morgan fingerprint density at radius 2 is 2.14 bits per heavy atom. The normalized spacial score (nSPS) is 28.3. The lowest BCUT2D eigenvalue weighted by atomic mass is 9.87. The van der Waals surface area contributed by atoms with Gasteiger partial charge in [-0.2, -0.15) is 0 Å². The second kappa shape index (κ2) is 6.90. The van der Waals surface area contributed by atoms with Gasteiger partial charge in [-0.05, 0) is 19.8 Å². The molecule has 2 heterocycles. The van der Waals surface area contributed by atoms with Gasteiger partial charge in [-0.1, -0.05) is 24.4 Å². The van der Waals surface area contributed by atoms with Crippen LogP contribution in [-0.4, -0.2) is 47.1 Å². The fourth-order valence-electron chi connectivity index (χ4n) is 3.55. The molecule has 2 fully saturated rings. The molecule has 118 valence electrons. The third-order valence-electron chi connectivity index (χ3n) is 4.67. The standard InChI is InChI=1S/C16H26N2O3/c1-2-20-16-11-18(10-15(16)19)9-13-8-14(17-21-13)12-6-4-3-5-7-12/h8,12,15-16,19H,2-7,9-11H2,1H3/t15-,16-/m0/s1. The highest BCUT2D eigenvalue weighted by Crippen LogP contribution is 2.32. The van der Waals surface area contributed by atoms with E-state index >= 15 is 0 Å². The van der Waals surface area contributed by atoms with Crippen molar-refractivity contribution in [3.63, 3.8) is 0 Å². The van der Waals surface area contributed by atoms with Crippen molar-refractivity contribution < 1.29 is 14.4 Å². The first-order valence-corrected chi connectivity index (χ1v) is 8.23. The predicted octanol–water partition coefficient (Wildman–Crippen LogP) is 2.30. The number of nitrogens with zero attached hydrogens (tertiary/aromatic N) is 2. The fourth-order valence-corrected chi connectivity index (χ4v) is 3.55. The van der Waals surface area contributed by atoms with Gasteiger partial charge in [0.05, 0.1) is 24.4 Å². The van der Waals surface area contributed by atoms with Gasteiger partial charge < -0.3 is 14.4 Å². The lowest BCUT2D eigenvalue weighted by Gasteiger charge is -2.18. The van der Waals surface area contributed by atoms with E-state index in [-0.39, 0.29) is 6.10 Å². The second-order valence-corrected chi connectivity index (χ2v) is 6.31. The van der Waals surface area contributed by atoms with Crippen LogP contribution in [0.25, 0.3) is 0 Å². The summed E-state index contributed by atoms with van der Waals surface area (Å²) in [5.41, 5.74) is 1.12. The molecule has 0 unspecified atom stereocenters. The van der Waals surface area contributed by atoms with E-state index in [2.05, 4.69) is 16.1 Å². The summed E-state index contributed by atoms with van der Waals surface area (Å²) < 4.78 is 11.0. The molecule has 2 atom stereocenters. The Hall–Kier alpha value is -0.910. The van der Waals surface area contributed by atoms with Crippen LogP contribution >= 0.6 is 0 Å². The summed E-state index contributed by atoms with van der Waals surface area (Å²) in [7, 11) is 0. The molecular formula is C16H26N2O3. The number of ether oxygens (including phenoxy) is 1. The van der Waals surface area contributed by atoms with Crippen molar-refractivity contribution in [1.29, 1.82) is 0 Å². The van der Waals surface area contributed by atoms with E-state index < -0.39 is 6.10 Å². The van der Waals surface area contributed by atoms with Gasteiger partial charge in [0, 0.05) is 31.7 Å². The molecule has 1 aromatic rings. The van der Waals surface area contributed by atoms with Gasteiger partial charge in [-0.3, -0.25) is 4.90 Å². The van der Waals surface area contributed by atoms with E-state index in [1.54, 1.807) is 0 Å². The van der Waals surface area contributed by atoms with E-state index in [4.69, 9.17) is 9.26 Å². The van der Waals surface area contributed by atoms with Crippen molar-refractivity contribution in [1.82, 2.24) is 10.1 Å². The van der Waals surface area contributed by atoms with Crippen molar-refractivity contribution >= 4 is 0 Å². The number of likely N-dealkylation sites (tertiary alicyclic amines) is 1. The Morgan fingerprint density at radius 1 is 1.33 bits per heavy atom. The van der Waals surface area contributed by atoms with E-state index in [1.165, 1.54) is 32.1 Å². The highest BCUT2D eigenvalue weighted by molar-refractivity contribution is 5.11. The summed E-state index contributed by atoms with van der Waals surface area (Å²) in [5.74, 6) is 1.48. The number of aromatic nitrogens is 1. The molecule has 1 saturated carbocycles. The maximum atomic E-state index is 9.96. The molecule has 1 aliphatic heterocycles. The lowest BCUT2D eigenvalue weighted by molar-refractivity contribution is -0.00247. The molecule has 0 aromatic carbocycles. The van der Waals surface area contributed by atoms with Crippen LogP contribution in [0, 0.1) is 0 Å². The Morgan fingerprint density at radius 3 is 2.90 bits per heavy atom. The zero-order chi connectivity index (χ0) is 14.7. The molecular weight excluding hydrogens is 268 g/mol. The number of β-amino-alcohol motifs (C(OH)–C–C–N with tert-alkyl or cyclic N) is 1. The monoisotopic (exact) mass is 294 g/mol. The lowest BCUT2D eigenvalue weighted by Crippen LogP contribution is -2.26. The summed E-state index contributed by atoms with van der Waals surface area (Å²) >= 11 is 0. The first kappa shape index (κ1) is 15.0. The Labute approximate surface area is 126 Å². The Kier molecular flexibility index (Phi) is 4.93. The van der Waals surface area contributed by atoms with E-state index in [0.717, 1.165) is 18.0 Å². The highest BCUT2D eigenvalue weighted by atomic mass is 16.5. The highest BCUT2D eigenvalue weighted by Gasteiger charge is 2.32. The molecule has 0 spiro atoms. The molecule has 1 aromatic heterocycles. The summed E-state index contributed by atoms with van der Waals surface area (Å²) in [6.45, 7) is 4.71. The first-order valence-electron chi connectivity index (χ1n) is 8.23. The number of aliphatic hydroxyl groups excluding tert-OH is 1. The average Bonchev–Trinajstić information content (AvgIpc) is 3.08. The fraction of sp³-hybridized carbons (Fsp3) is 0.812. The van der Waals surface area contributed by atoms with Crippen LogP contribution in [0.4, 0.5) is 0 Å². The summed E-state index contributed by atoms with van der Waals surface area (Å²) in [4.78, 5) is 2.18. The number of rotatable bonds is 5. The third-order valence-corrected chi connectivity index (χ3v) is 4.67. The van der Waals surface area contributed by atoms with Gasteiger partial charge in [-0.15, -0.1) is 0 Å². The SMILES string of the molecule is CCO[C@H]1CN(Cc2cc(C3CCCCC3)no2)C[C@@H]1O. The van der Waals surface area contributed by atoms with E-state index in [1.807, 2.05) is 6.92 Å². The molecule has 5 heteroatoms. The van der Waals surface area contributed by atoms with Crippen LogP contribution in [0.5, 0.6) is 0 Å². The summed E-state index contributed by atoms with van der Waals surface area (Å²) in [6, 6.07) is 2.11. The van der Waals surface area contributed by atoms with Gasteiger partial charge in [0.1, 0.15) is 0 Å². The van der Waals surface area contributed by atoms with Gasteiger partial charge >= 0.3 is 0 Å². The molecule has 5 nitrogen and oxygen atoms in total. The molecule has 1 aliphatic carbocycles.